The highest BCUT2D eigenvalue weighted by Gasteiger charge is 2.18. The number of nitrogens with one attached hydrogen (secondary N) is 1. The third-order valence-electron chi connectivity index (χ3n) is 3.00. The van der Waals surface area contributed by atoms with E-state index in [4.69, 9.17) is 9.47 Å². The molecule has 1 rings (SSSR count). The maximum atomic E-state index is 14.0. The van der Waals surface area contributed by atoms with Gasteiger partial charge in [-0.2, -0.15) is 0 Å². The smallest absolute Gasteiger partial charge is 0.131 e. The van der Waals surface area contributed by atoms with Gasteiger partial charge in [0.15, 0.2) is 0 Å². The van der Waals surface area contributed by atoms with Crippen LogP contribution in [-0.2, 0) is 4.74 Å². The van der Waals surface area contributed by atoms with Crippen LogP contribution in [0.1, 0.15) is 31.9 Å². The van der Waals surface area contributed by atoms with E-state index in [0.717, 1.165) is 13.0 Å². The quantitative estimate of drug-likeness (QED) is 0.812. The molecule has 0 bridgehead atoms. The first kappa shape index (κ1) is 14.9. The summed E-state index contributed by atoms with van der Waals surface area (Å²) in [5.74, 6) is 0.287. The minimum atomic E-state index is -0.247. The Balaban J connectivity index is 2.90. The van der Waals surface area contributed by atoms with Crippen LogP contribution in [0.25, 0.3) is 0 Å². The fraction of sp³-hybridized carbons (Fsp3) is 0.571. The Kier molecular flexibility index (Phi) is 6.09. The molecule has 4 heteroatoms. The molecule has 0 aliphatic rings. The van der Waals surface area contributed by atoms with Gasteiger partial charge in [0, 0.05) is 24.8 Å². The van der Waals surface area contributed by atoms with Gasteiger partial charge < -0.3 is 14.8 Å². The van der Waals surface area contributed by atoms with Gasteiger partial charge in [0.25, 0.3) is 0 Å². The van der Waals surface area contributed by atoms with Crippen LogP contribution in [0.5, 0.6) is 5.75 Å². The zero-order chi connectivity index (χ0) is 13.5. The predicted molar refractivity (Wildman–Crippen MR) is 70.5 cm³/mol. The molecule has 0 spiro atoms. The molecule has 3 nitrogen and oxygen atoms in total. The molecular formula is C14H22FNO2. The van der Waals surface area contributed by atoms with Gasteiger partial charge in [-0.05, 0) is 26.0 Å². The van der Waals surface area contributed by atoms with E-state index in [2.05, 4.69) is 5.32 Å². The SMILES string of the molecule is CCNC(CC(C)OC)c1ccc(OC)cc1F. The highest BCUT2D eigenvalue weighted by atomic mass is 19.1. The second-order valence-corrected chi connectivity index (χ2v) is 4.28. The molecule has 0 aromatic heterocycles. The molecule has 0 radical (unpaired) electrons. The summed E-state index contributed by atoms with van der Waals surface area (Å²) in [6, 6.07) is 4.91. The normalized spacial score (nSPS) is 14.3. The molecule has 102 valence electrons. The monoisotopic (exact) mass is 255 g/mol. The van der Waals surface area contributed by atoms with Gasteiger partial charge in [-0.3, -0.25) is 0 Å². The first-order valence-electron chi connectivity index (χ1n) is 6.22. The van der Waals surface area contributed by atoms with Gasteiger partial charge in [-0.15, -0.1) is 0 Å². The Hall–Kier alpha value is -1.13. The number of benzene rings is 1. The van der Waals surface area contributed by atoms with Crippen LogP contribution in [0.2, 0.25) is 0 Å². The molecule has 0 saturated carbocycles. The number of halogens is 1. The maximum Gasteiger partial charge on any atom is 0.131 e. The summed E-state index contributed by atoms with van der Waals surface area (Å²) in [4.78, 5) is 0. The van der Waals surface area contributed by atoms with Gasteiger partial charge >= 0.3 is 0 Å². The van der Waals surface area contributed by atoms with E-state index in [1.165, 1.54) is 13.2 Å². The third-order valence-corrected chi connectivity index (χ3v) is 3.00. The number of rotatable bonds is 7. The summed E-state index contributed by atoms with van der Waals surface area (Å²) in [6.45, 7) is 4.77. The average Bonchev–Trinajstić information content (AvgIpc) is 2.38. The van der Waals surface area contributed by atoms with Gasteiger partial charge in [0.1, 0.15) is 11.6 Å². The van der Waals surface area contributed by atoms with E-state index in [1.807, 2.05) is 13.8 Å². The van der Waals surface area contributed by atoms with Crippen molar-refractivity contribution in [1.29, 1.82) is 0 Å². The standard InChI is InChI=1S/C14H22FNO2/c1-5-16-14(8-10(2)17-3)12-7-6-11(18-4)9-13(12)15/h6-7,9-10,14,16H,5,8H2,1-4H3. The predicted octanol–water partition coefficient (Wildman–Crippen LogP) is 2.91. The van der Waals surface area contributed by atoms with E-state index >= 15 is 0 Å². The van der Waals surface area contributed by atoms with Crippen molar-refractivity contribution in [2.75, 3.05) is 20.8 Å². The molecule has 0 aliphatic carbocycles. The molecule has 0 heterocycles. The van der Waals surface area contributed by atoms with E-state index < -0.39 is 0 Å². The zero-order valence-electron chi connectivity index (χ0n) is 11.5. The molecule has 2 atom stereocenters. The van der Waals surface area contributed by atoms with Crippen molar-refractivity contribution in [3.05, 3.63) is 29.6 Å². The molecule has 0 saturated heterocycles. The minimum absolute atomic E-state index is 0.0455. The number of ether oxygens (including phenoxy) is 2. The van der Waals surface area contributed by atoms with E-state index in [9.17, 15) is 4.39 Å². The van der Waals surface area contributed by atoms with Crippen molar-refractivity contribution in [2.24, 2.45) is 0 Å². The Bertz CT molecular complexity index is 371. The highest BCUT2D eigenvalue weighted by molar-refractivity contribution is 5.31. The molecule has 1 N–H and O–H groups in total. The molecule has 0 fully saturated rings. The van der Waals surface area contributed by atoms with Crippen LogP contribution in [-0.4, -0.2) is 26.9 Å². The lowest BCUT2D eigenvalue weighted by Gasteiger charge is -2.22. The van der Waals surface area contributed by atoms with Gasteiger partial charge in [0.05, 0.1) is 13.2 Å². The molecule has 0 amide bonds. The van der Waals surface area contributed by atoms with E-state index in [0.29, 0.717) is 11.3 Å². The average molecular weight is 255 g/mol. The molecule has 2 unspecified atom stereocenters. The molecular weight excluding hydrogens is 233 g/mol. The van der Waals surface area contributed by atoms with Crippen LogP contribution in [0.4, 0.5) is 4.39 Å². The Morgan fingerprint density at radius 2 is 2.06 bits per heavy atom. The van der Waals surface area contributed by atoms with E-state index in [-0.39, 0.29) is 18.0 Å². The molecule has 1 aromatic rings. The summed E-state index contributed by atoms with van der Waals surface area (Å²) in [7, 11) is 3.20. The Morgan fingerprint density at radius 3 is 2.56 bits per heavy atom. The van der Waals surface area contributed by atoms with Crippen LogP contribution in [0.3, 0.4) is 0 Å². The summed E-state index contributed by atoms with van der Waals surface area (Å²) in [5.41, 5.74) is 0.654. The third kappa shape index (κ3) is 3.96. The van der Waals surface area contributed by atoms with Crippen molar-refractivity contribution in [3.8, 4) is 5.75 Å². The van der Waals surface area contributed by atoms with Crippen molar-refractivity contribution >= 4 is 0 Å². The summed E-state index contributed by atoms with van der Waals surface area (Å²) in [6.07, 6.45) is 0.809. The zero-order valence-corrected chi connectivity index (χ0v) is 11.5. The van der Waals surface area contributed by atoms with Gasteiger partial charge in [0.2, 0.25) is 0 Å². The fourth-order valence-electron chi connectivity index (χ4n) is 1.91. The Morgan fingerprint density at radius 1 is 1.33 bits per heavy atom. The number of hydrogen-bond acceptors (Lipinski definition) is 3. The Labute approximate surface area is 108 Å². The summed E-state index contributed by atoms with van der Waals surface area (Å²) < 4.78 is 24.3. The largest absolute Gasteiger partial charge is 0.497 e. The lowest BCUT2D eigenvalue weighted by atomic mass is 10.00. The summed E-state index contributed by atoms with van der Waals surface area (Å²) >= 11 is 0. The van der Waals surface area contributed by atoms with Crippen LogP contribution >= 0.6 is 0 Å². The number of methoxy groups -OCH3 is 2. The van der Waals surface area contributed by atoms with Gasteiger partial charge in [-0.1, -0.05) is 13.0 Å². The maximum absolute atomic E-state index is 14.0. The van der Waals surface area contributed by atoms with Crippen LogP contribution in [0.15, 0.2) is 18.2 Å². The molecule has 1 aromatic carbocycles. The topological polar surface area (TPSA) is 30.5 Å². The van der Waals surface area contributed by atoms with Crippen LogP contribution in [0, 0.1) is 5.82 Å². The molecule has 0 aliphatic heterocycles. The van der Waals surface area contributed by atoms with Crippen molar-refractivity contribution < 1.29 is 13.9 Å². The van der Waals surface area contributed by atoms with Crippen molar-refractivity contribution in [1.82, 2.24) is 5.32 Å². The second kappa shape index (κ2) is 7.34. The first-order valence-corrected chi connectivity index (χ1v) is 6.22. The van der Waals surface area contributed by atoms with Crippen molar-refractivity contribution in [2.45, 2.75) is 32.4 Å². The van der Waals surface area contributed by atoms with Crippen molar-refractivity contribution in [3.63, 3.8) is 0 Å². The highest BCUT2D eigenvalue weighted by Crippen LogP contribution is 2.25. The lowest BCUT2D eigenvalue weighted by Crippen LogP contribution is -2.26. The van der Waals surface area contributed by atoms with Gasteiger partial charge in [-0.25, -0.2) is 4.39 Å². The fourth-order valence-corrected chi connectivity index (χ4v) is 1.91. The minimum Gasteiger partial charge on any atom is -0.497 e. The van der Waals surface area contributed by atoms with E-state index in [1.54, 1.807) is 19.2 Å². The summed E-state index contributed by atoms with van der Waals surface area (Å²) in [5, 5.41) is 3.28. The second-order valence-electron chi connectivity index (χ2n) is 4.28. The molecule has 18 heavy (non-hydrogen) atoms. The first-order chi connectivity index (χ1) is 8.62. The number of hydrogen-bond donors (Lipinski definition) is 1. The lowest BCUT2D eigenvalue weighted by molar-refractivity contribution is 0.100. The van der Waals surface area contributed by atoms with Crippen LogP contribution < -0.4 is 10.1 Å².